The van der Waals surface area contributed by atoms with E-state index in [1.54, 1.807) is 0 Å². The van der Waals surface area contributed by atoms with Crippen molar-refractivity contribution in [1.29, 1.82) is 0 Å². The summed E-state index contributed by atoms with van der Waals surface area (Å²) >= 11 is 0. The van der Waals surface area contributed by atoms with Crippen LogP contribution in [0.25, 0.3) is 0 Å². The molecular weight excluding hydrogens is 374 g/mol. The Morgan fingerprint density at radius 3 is 2.23 bits per heavy atom. The highest BCUT2D eigenvalue weighted by molar-refractivity contribution is 5.94. The van der Waals surface area contributed by atoms with Gasteiger partial charge in [-0.3, -0.25) is 9.69 Å². The molecule has 1 amide bonds. The smallest absolute Gasteiger partial charge is 0.251 e. The highest BCUT2D eigenvalue weighted by Crippen LogP contribution is 2.14. The van der Waals surface area contributed by atoms with Gasteiger partial charge in [-0.15, -0.1) is 0 Å². The maximum Gasteiger partial charge on any atom is 0.251 e. The topological polar surface area (TPSA) is 44.8 Å². The van der Waals surface area contributed by atoms with Gasteiger partial charge in [-0.25, -0.2) is 0 Å². The van der Waals surface area contributed by atoms with E-state index in [2.05, 4.69) is 60.3 Å². The monoisotopic (exact) mass is 409 g/mol. The molecule has 2 aromatic rings. The molecule has 0 unspecified atom stereocenters. The van der Waals surface area contributed by atoms with E-state index < -0.39 is 0 Å². The maximum atomic E-state index is 12.4. The number of benzene rings is 2. The average Bonchev–Trinajstić information content (AvgIpc) is 2.75. The fourth-order valence-corrected chi connectivity index (χ4v) is 3.46. The number of hydrogen-bond acceptors (Lipinski definition) is 4. The lowest BCUT2D eigenvalue weighted by molar-refractivity contribution is 0.0954. The van der Waals surface area contributed by atoms with Crippen molar-refractivity contribution in [3.05, 3.63) is 65.2 Å². The average molecular weight is 410 g/mol. The van der Waals surface area contributed by atoms with Crippen LogP contribution in [-0.4, -0.2) is 62.1 Å². The fraction of sp³-hybridized carbons (Fsp3) is 0.480. The quantitative estimate of drug-likeness (QED) is 0.689. The van der Waals surface area contributed by atoms with Crippen molar-refractivity contribution in [2.24, 2.45) is 5.92 Å². The molecule has 5 nitrogen and oxygen atoms in total. The van der Waals surface area contributed by atoms with E-state index in [0.29, 0.717) is 24.6 Å². The third kappa shape index (κ3) is 7.15. The first-order valence-corrected chi connectivity index (χ1v) is 11.0. The zero-order valence-electron chi connectivity index (χ0n) is 18.6. The molecular formula is C25H35N3O2. The Bertz CT molecular complexity index is 779. The summed E-state index contributed by atoms with van der Waals surface area (Å²) in [7, 11) is 2.18. The summed E-state index contributed by atoms with van der Waals surface area (Å²) in [6.45, 7) is 11.1. The predicted molar refractivity (Wildman–Crippen MR) is 122 cm³/mol. The minimum Gasteiger partial charge on any atom is -0.493 e. The normalized spacial score (nSPS) is 15.3. The molecule has 0 aromatic heterocycles. The van der Waals surface area contributed by atoms with E-state index in [0.717, 1.165) is 44.9 Å². The van der Waals surface area contributed by atoms with Crippen LogP contribution < -0.4 is 10.1 Å². The Kier molecular flexibility index (Phi) is 8.29. The Morgan fingerprint density at radius 1 is 0.967 bits per heavy atom. The fourth-order valence-electron chi connectivity index (χ4n) is 3.46. The van der Waals surface area contributed by atoms with Gasteiger partial charge in [0.1, 0.15) is 5.75 Å². The number of hydrogen-bond donors (Lipinski definition) is 1. The lowest BCUT2D eigenvalue weighted by atomic mass is 10.1. The lowest BCUT2D eigenvalue weighted by Crippen LogP contribution is -2.43. The summed E-state index contributed by atoms with van der Waals surface area (Å²) in [5.74, 6) is 1.24. The standard InChI is InChI=1S/C25H35N3O2/c1-20(2)19-30-24-10-8-23(9-11-24)25(29)26-13-12-21-4-6-22(7-5-21)18-28-16-14-27(3)15-17-28/h4-11,20H,12-19H2,1-3H3,(H,26,29). The summed E-state index contributed by atoms with van der Waals surface area (Å²) in [5.41, 5.74) is 3.26. The molecule has 30 heavy (non-hydrogen) atoms. The number of carbonyl (C=O) groups excluding carboxylic acids is 1. The molecule has 1 fully saturated rings. The molecule has 0 bridgehead atoms. The van der Waals surface area contributed by atoms with E-state index in [1.807, 2.05) is 24.3 Å². The zero-order chi connectivity index (χ0) is 21.3. The molecule has 162 valence electrons. The molecule has 1 N–H and O–H groups in total. The first-order valence-electron chi connectivity index (χ1n) is 11.0. The van der Waals surface area contributed by atoms with Crippen molar-refractivity contribution in [3.8, 4) is 5.75 Å². The Balaban J connectivity index is 1.39. The van der Waals surface area contributed by atoms with Crippen LogP contribution in [0.4, 0.5) is 0 Å². The second-order valence-electron chi connectivity index (χ2n) is 8.63. The molecule has 5 heteroatoms. The van der Waals surface area contributed by atoms with Crippen molar-refractivity contribution < 1.29 is 9.53 Å². The van der Waals surface area contributed by atoms with E-state index in [4.69, 9.17) is 4.74 Å². The van der Waals surface area contributed by atoms with E-state index in [1.165, 1.54) is 11.1 Å². The first-order chi connectivity index (χ1) is 14.5. The summed E-state index contributed by atoms with van der Waals surface area (Å²) in [6.07, 6.45) is 0.829. The summed E-state index contributed by atoms with van der Waals surface area (Å²) < 4.78 is 5.67. The molecule has 1 saturated heterocycles. The van der Waals surface area contributed by atoms with Crippen LogP contribution in [0, 0.1) is 5.92 Å². The molecule has 0 spiro atoms. The molecule has 3 rings (SSSR count). The van der Waals surface area contributed by atoms with Gasteiger partial charge in [-0.1, -0.05) is 38.1 Å². The SMILES string of the molecule is CC(C)COc1ccc(C(=O)NCCc2ccc(CN3CCN(C)CC3)cc2)cc1. The number of nitrogens with one attached hydrogen (secondary N) is 1. The number of nitrogens with zero attached hydrogens (tertiary/aromatic N) is 2. The number of carbonyl (C=O) groups is 1. The number of ether oxygens (including phenoxy) is 1. The van der Waals surface area contributed by atoms with Crippen LogP contribution in [0.1, 0.15) is 35.3 Å². The molecule has 0 saturated carbocycles. The van der Waals surface area contributed by atoms with Gasteiger partial charge >= 0.3 is 0 Å². The van der Waals surface area contributed by atoms with Crippen LogP contribution in [0.5, 0.6) is 5.75 Å². The largest absolute Gasteiger partial charge is 0.493 e. The second-order valence-corrected chi connectivity index (χ2v) is 8.63. The molecule has 0 radical (unpaired) electrons. The molecule has 1 aliphatic heterocycles. The van der Waals surface area contributed by atoms with E-state index in [9.17, 15) is 4.79 Å². The molecule has 1 aliphatic rings. The summed E-state index contributed by atoms with van der Waals surface area (Å²) in [4.78, 5) is 17.2. The van der Waals surface area contributed by atoms with Crippen molar-refractivity contribution in [2.75, 3.05) is 46.4 Å². The Hall–Kier alpha value is -2.37. The number of piperazine rings is 1. The van der Waals surface area contributed by atoms with Gasteiger partial charge in [0.15, 0.2) is 0 Å². The van der Waals surface area contributed by atoms with Crippen LogP contribution >= 0.6 is 0 Å². The van der Waals surface area contributed by atoms with Crippen molar-refractivity contribution in [1.82, 2.24) is 15.1 Å². The molecule has 0 atom stereocenters. The van der Waals surface area contributed by atoms with Gasteiger partial charge in [0.05, 0.1) is 6.61 Å². The number of amides is 1. The Labute approximate surface area is 181 Å². The predicted octanol–water partition coefficient (Wildman–Crippen LogP) is 3.44. The number of rotatable bonds is 9. The van der Waals surface area contributed by atoms with Crippen LogP contribution in [0.15, 0.2) is 48.5 Å². The van der Waals surface area contributed by atoms with Crippen molar-refractivity contribution in [2.45, 2.75) is 26.8 Å². The van der Waals surface area contributed by atoms with Crippen molar-refractivity contribution in [3.63, 3.8) is 0 Å². The van der Waals surface area contributed by atoms with E-state index in [-0.39, 0.29) is 5.91 Å². The highest BCUT2D eigenvalue weighted by Gasteiger charge is 2.13. The zero-order valence-corrected chi connectivity index (χ0v) is 18.6. The van der Waals surface area contributed by atoms with E-state index >= 15 is 0 Å². The minimum atomic E-state index is -0.0444. The second kappa shape index (κ2) is 11.1. The van der Waals surface area contributed by atoms with Crippen LogP contribution in [-0.2, 0) is 13.0 Å². The third-order valence-electron chi connectivity index (χ3n) is 5.42. The molecule has 2 aromatic carbocycles. The maximum absolute atomic E-state index is 12.4. The van der Waals surface area contributed by atoms with Gasteiger partial charge in [0.2, 0.25) is 0 Å². The highest BCUT2D eigenvalue weighted by atomic mass is 16.5. The minimum absolute atomic E-state index is 0.0444. The van der Waals surface area contributed by atoms with Gasteiger partial charge in [-0.2, -0.15) is 0 Å². The first kappa shape index (κ1) is 22.3. The van der Waals surface area contributed by atoms with Crippen LogP contribution in [0.3, 0.4) is 0 Å². The molecule has 1 heterocycles. The third-order valence-corrected chi connectivity index (χ3v) is 5.42. The van der Waals surface area contributed by atoms with Gasteiger partial charge in [0.25, 0.3) is 5.91 Å². The van der Waals surface area contributed by atoms with Gasteiger partial charge in [0, 0.05) is 44.8 Å². The summed E-state index contributed by atoms with van der Waals surface area (Å²) in [6, 6.07) is 16.1. The summed E-state index contributed by atoms with van der Waals surface area (Å²) in [5, 5.41) is 3.01. The van der Waals surface area contributed by atoms with Crippen molar-refractivity contribution >= 4 is 5.91 Å². The molecule has 0 aliphatic carbocycles. The number of likely N-dealkylation sites (N-methyl/N-ethyl adjacent to an activating group) is 1. The lowest BCUT2D eigenvalue weighted by Gasteiger charge is -2.32. The van der Waals surface area contributed by atoms with Gasteiger partial charge in [-0.05, 0) is 54.8 Å². The van der Waals surface area contributed by atoms with Gasteiger partial charge < -0.3 is 15.0 Å². The Morgan fingerprint density at radius 2 is 1.60 bits per heavy atom. The van der Waals surface area contributed by atoms with Crippen LogP contribution in [0.2, 0.25) is 0 Å².